The molecule has 0 bridgehead atoms. The van der Waals surface area contributed by atoms with Crippen LogP contribution in [0, 0.1) is 6.92 Å². The van der Waals surface area contributed by atoms with E-state index in [1.165, 1.54) is 11.1 Å². The number of rotatable bonds is 4. The molecular weight excluding hydrogens is 345 g/mol. The van der Waals surface area contributed by atoms with Crippen molar-refractivity contribution >= 4 is 29.0 Å². The van der Waals surface area contributed by atoms with Crippen LogP contribution in [0.4, 0.5) is 5.82 Å². The molecule has 3 rings (SSSR count). The van der Waals surface area contributed by atoms with E-state index in [1.807, 2.05) is 6.07 Å². The standard InChI is InChI=1S/C18H21Cl2N3O/c1-13-3-4-17(24-2)14(9-13)12-22-5-7-23(8-6-22)18-16(20)10-15(19)11-21-18/h3-4,9-11H,5-8,12H2,1-2H3. The van der Waals surface area contributed by atoms with Crippen LogP contribution in [0.1, 0.15) is 11.1 Å². The van der Waals surface area contributed by atoms with Gasteiger partial charge in [0.2, 0.25) is 0 Å². The lowest BCUT2D eigenvalue weighted by Crippen LogP contribution is -2.46. The number of anilines is 1. The molecule has 2 heterocycles. The predicted molar refractivity (Wildman–Crippen MR) is 99.5 cm³/mol. The first-order valence-electron chi connectivity index (χ1n) is 7.98. The zero-order valence-corrected chi connectivity index (χ0v) is 15.4. The summed E-state index contributed by atoms with van der Waals surface area (Å²) in [6.07, 6.45) is 1.65. The van der Waals surface area contributed by atoms with Crippen LogP contribution in [-0.2, 0) is 6.54 Å². The SMILES string of the molecule is COc1ccc(C)cc1CN1CCN(c2ncc(Cl)cc2Cl)CC1. The van der Waals surface area contributed by atoms with Gasteiger partial charge in [-0.25, -0.2) is 4.98 Å². The van der Waals surface area contributed by atoms with Crippen LogP contribution in [0.25, 0.3) is 0 Å². The molecule has 24 heavy (non-hydrogen) atoms. The second-order valence-electron chi connectivity index (χ2n) is 6.04. The highest BCUT2D eigenvalue weighted by Crippen LogP contribution is 2.27. The monoisotopic (exact) mass is 365 g/mol. The van der Waals surface area contributed by atoms with Crippen molar-refractivity contribution in [2.45, 2.75) is 13.5 Å². The minimum absolute atomic E-state index is 0.564. The molecule has 1 aromatic carbocycles. The first kappa shape index (κ1) is 17.3. The number of hydrogen-bond acceptors (Lipinski definition) is 4. The maximum absolute atomic E-state index is 6.27. The molecule has 0 radical (unpaired) electrons. The minimum atomic E-state index is 0.564. The highest BCUT2D eigenvalue weighted by molar-refractivity contribution is 6.36. The second kappa shape index (κ2) is 7.60. The number of piperazine rings is 1. The molecule has 1 saturated heterocycles. The third kappa shape index (κ3) is 3.94. The summed E-state index contributed by atoms with van der Waals surface area (Å²) in [5, 5.41) is 1.17. The van der Waals surface area contributed by atoms with Crippen molar-refractivity contribution < 1.29 is 4.74 Å². The number of hydrogen-bond donors (Lipinski definition) is 0. The number of halogens is 2. The van der Waals surface area contributed by atoms with Crippen molar-refractivity contribution in [2.75, 3.05) is 38.2 Å². The van der Waals surface area contributed by atoms with E-state index >= 15 is 0 Å². The molecule has 0 aliphatic carbocycles. The molecule has 128 valence electrons. The average molecular weight is 366 g/mol. The van der Waals surface area contributed by atoms with E-state index in [4.69, 9.17) is 27.9 Å². The predicted octanol–water partition coefficient (Wildman–Crippen LogP) is 4.03. The number of pyridine rings is 1. The summed E-state index contributed by atoms with van der Waals surface area (Å²) in [5.74, 6) is 1.76. The van der Waals surface area contributed by atoms with Gasteiger partial charge in [0.05, 0.1) is 17.2 Å². The van der Waals surface area contributed by atoms with Crippen LogP contribution in [0.15, 0.2) is 30.5 Å². The van der Waals surface area contributed by atoms with Gasteiger partial charge in [-0.05, 0) is 19.1 Å². The van der Waals surface area contributed by atoms with E-state index in [-0.39, 0.29) is 0 Å². The molecule has 0 N–H and O–H groups in total. The summed E-state index contributed by atoms with van der Waals surface area (Å²) in [4.78, 5) is 9.01. The molecule has 1 aliphatic heterocycles. The van der Waals surface area contributed by atoms with Gasteiger partial charge in [0.25, 0.3) is 0 Å². The van der Waals surface area contributed by atoms with E-state index < -0.39 is 0 Å². The second-order valence-corrected chi connectivity index (χ2v) is 6.88. The number of aryl methyl sites for hydroxylation is 1. The third-order valence-corrected chi connectivity index (χ3v) is 4.77. The molecule has 1 fully saturated rings. The van der Waals surface area contributed by atoms with Crippen LogP contribution < -0.4 is 9.64 Å². The fourth-order valence-electron chi connectivity index (χ4n) is 3.03. The van der Waals surface area contributed by atoms with Crippen molar-refractivity contribution in [1.82, 2.24) is 9.88 Å². The van der Waals surface area contributed by atoms with Gasteiger partial charge in [-0.3, -0.25) is 4.90 Å². The van der Waals surface area contributed by atoms with Gasteiger partial charge in [-0.15, -0.1) is 0 Å². The van der Waals surface area contributed by atoms with Crippen LogP contribution in [0.3, 0.4) is 0 Å². The number of nitrogens with zero attached hydrogens (tertiary/aromatic N) is 3. The summed E-state index contributed by atoms with van der Waals surface area (Å²) in [7, 11) is 1.72. The highest BCUT2D eigenvalue weighted by Gasteiger charge is 2.21. The van der Waals surface area contributed by atoms with Crippen molar-refractivity contribution in [2.24, 2.45) is 0 Å². The fraction of sp³-hybridized carbons (Fsp3) is 0.389. The van der Waals surface area contributed by atoms with Crippen molar-refractivity contribution in [3.05, 3.63) is 51.6 Å². The first-order valence-corrected chi connectivity index (χ1v) is 8.74. The Hall–Kier alpha value is -1.49. The Morgan fingerprint density at radius 3 is 2.54 bits per heavy atom. The minimum Gasteiger partial charge on any atom is -0.496 e. The summed E-state index contributed by atoms with van der Waals surface area (Å²) in [5.41, 5.74) is 2.48. The molecule has 4 nitrogen and oxygen atoms in total. The summed E-state index contributed by atoms with van der Waals surface area (Å²) >= 11 is 12.2. The number of ether oxygens (including phenoxy) is 1. The number of benzene rings is 1. The molecule has 0 unspecified atom stereocenters. The topological polar surface area (TPSA) is 28.6 Å². The Morgan fingerprint density at radius 2 is 1.88 bits per heavy atom. The molecule has 1 aromatic heterocycles. The van der Waals surface area contributed by atoms with Crippen LogP contribution in [-0.4, -0.2) is 43.2 Å². The molecule has 0 saturated carbocycles. The smallest absolute Gasteiger partial charge is 0.147 e. The number of methoxy groups -OCH3 is 1. The summed E-state index contributed by atoms with van der Waals surface area (Å²) in [6, 6.07) is 8.06. The van der Waals surface area contributed by atoms with Gasteiger partial charge in [0.1, 0.15) is 11.6 Å². The van der Waals surface area contributed by atoms with Gasteiger partial charge in [-0.1, -0.05) is 40.9 Å². The Labute approximate surface area is 152 Å². The largest absolute Gasteiger partial charge is 0.496 e. The first-order chi connectivity index (χ1) is 11.6. The van der Waals surface area contributed by atoms with Crippen molar-refractivity contribution in [3.63, 3.8) is 0 Å². The Kier molecular flexibility index (Phi) is 5.49. The third-order valence-electron chi connectivity index (χ3n) is 4.29. The fourth-order valence-corrected chi connectivity index (χ4v) is 3.53. The summed E-state index contributed by atoms with van der Waals surface area (Å²) < 4.78 is 5.48. The zero-order chi connectivity index (χ0) is 17.1. The van der Waals surface area contributed by atoms with Crippen LogP contribution >= 0.6 is 23.2 Å². The molecule has 1 aliphatic rings. The van der Waals surface area contributed by atoms with Gasteiger partial charge >= 0.3 is 0 Å². The van der Waals surface area contributed by atoms with E-state index in [9.17, 15) is 0 Å². The van der Waals surface area contributed by atoms with Gasteiger partial charge < -0.3 is 9.64 Å². The highest BCUT2D eigenvalue weighted by atomic mass is 35.5. The molecular formula is C18H21Cl2N3O. The van der Waals surface area contributed by atoms with Crippen LogP contribution in [0.2, 0.25) is 10.0 Å². The zero-order valence-electron chi connectivity index (χ0n) is 13.9. The lowest BCUT2D eigenvalue weighted by molar-refractivity contribution is 0.245. The Balaban J connectivity index is 1.64. The van der Waals surface area contributed by atoms with E-state index in [0.29, 0.717) is 10.0 Å². The molecule has 6 heteroatoms. The van der Waals surface area contributed by atoms with E-state index in [2.05, 4.69) is 33.8 Å². The van der Waals surface area contributed by atoms with Gasteiger partial charge in [0.15, 0.2) is 0 Å². The molecule has 0 spiro atoms. The van der Waals surface area contributed by atoms with E-state index in [1.54, 1.807) is 19.4 Å². The maximum Gasteiger partial charge on any atom is 0.147 e. The number of aromatic nitrogens is 1. The molecule has 2 aromatic rings. The van der Waals surface area contributed by atoms with Gasteiger partial charge in [0, 0.05) is 44.5 Å². The lowest BCUT2D eigenvalue weighted by atomic mass is 10.1. The van der Waals surface area contributed by atoms with Crippen molar-refractivity contribution in [3.8, 4) is 5.75 Å². The Morgan fingerprint density at radius 1 is 1.12 bits per heavy atom. The maximum atomic E-state index is 6.27. The van der Waals surface area contributed by atoms with Crippen molar-refractivity contribution in [1.29, 1.82) is 0 Å². The lowest BCUT2D eigenvalue weighted by Gasteiger charge is -2.36. The molecule has 0 atom stereocenters. The van der Waals surface area contributed by atoms with Crippen LogP contribution in [0.5, 0.6) is 5.75 Å². The average Bonchev–Trinajstić information content (AvgIpc) is 2.56. The van der Waals surface area contributed by atoms with E-state index in [0.717, 1.165) is 44.3 Å². The normalized spacial score (nSPS) is 15.6. The molecule has 0 amide bonds. The van der Waals surface area contributed by atoms with Gasteiger partial charge in [-0.2, -0.15) is 0 Å². The summed E-state index contributed by atoms with van der Waals surface area (Å²) in [6.45, 7) is 6.69. The quantitative estimate of drug-likeness (QED) is 0.817. The Bertz CT molecular complexity index is 715.